The van der Waals surface area contributed by atoms with Crippen LogP contribution in [0.4, 0.5) is 0 Å². The molecule has 0 aromatic rings. The average Bonchev–Trinajstić information content (AvgIpc) is 2.28. The van der Waals surface area contributed by atoms with Gasteiger partial charge in [0.1, 0.15) is 0 Å². The maximum absolute atomic E-state index is 5.05. The summed E-state index contributed by atoms with van der Waals surface area (Å²) in [7, 11) is 1.76. The minimum absolute atomic E-state index is 0.774. The van der Waals surface area contributed by atoms with E-state index in [0.29, 0.717) is 0 Å². The van der Waals surface area contributed by atoms with Gasteiger partial charge in [-0.05, 0) is 30.7 Å². The van der Waals surface area contributed by atoms with Crippen molar-refractivity contribution in [2.45, 2.75) is 47.0 Å². The highest BCUT2D eigenvalue weighted by atomic mass is 16.5. The molecule has 1 unspecified atom stereocenters. The molecule has 0 amide bonds. The van der Waals surface area contributed by atoms with Crippen molar-refractivity contribution < 1.29 is 4.74 Å². The molecule has 0 spiro atoms. The quantitative estimate of drug-likeness (QED) is 0.580. The van der Waals surface area contributed by atoms with Gasteiger partial charge in [0.25, 0.3) is 0 Å². The number of methoxy groups -OCH3 is 1. The zero-order valence-electron chi connectivity index (χ0n) is 11.9. The van der Waals surface area contributed by atoms with Gasteiger partial charge in [0.2, 0.25) is 0 Å². The third-order valence-electron chi connectivity index (χ3n) is 3.62. The van der Waals surface area contributed by atoms with Gasteiger partial charge in [-0.2, -0.15) is 0 Å². The molecule has 0 radical (unpaired) electrons. The predicted octanol–water partition coefficient (Wildman–Crippen LogP) is 3.32. The molecule has 1 N–H and O–H groups in total. The fraction of sp³-hybridized carbons (Fsp3) is 1.00. The second-order valence-corrected chi connectivity index (χ2v) is 5.12. The Morgan fingerprint density at radius 2 is 1.75 bits per heavy atom. The van der Waals surface area contributed by atoms with Gasteiger partial charge in [-0.3, -0.25) is 0 Å². The molecule has 0 rings (SSSR count). The van der Waals surface area contributed by atoms with Crippen LogP contribution in [0.1, 0.15) is 47.0 Å². The fourth-order valence-corrected chi connectivity index (χ4v) is 2.10. The summed E-state index contributed by atoms with van der Waals surface area (Å²) in [4.78, 5) is 0. The van der Waals surface area contributed by atoms with E-state index in [1.807, 2.05) is 0 Å². The second-order valence-electron chi connectivity index (χ2n) is 5.12. The first-order valence-electron chi connectivity index (χ1n) is 6.85. The number of rotatable bonds is 10. The molecule has 2 nitrogen and oxygen atoms in total. The Balaban J connectivity index is 3.87. The summed E-state index contributed by atoms with van der Waals surface area (Å²) in [5.74, 6) is 2.48. The molecule has 0 saturated heterocycles. The summed E-state index contributed by atoms with van der Waals surface area (Å²) in [6.07, 6.45) is 4.00. The second kappa shape index (κ2) is 10.1. The molecule has 0 bridgehead atoms. The fourth-order valence-electron chi connectivity index (χ4n) is 2.10. The van der Waals surface area contributed by atoms with Gasteiger partial charge in [0.05, 0.1) is 6.61 Å². The van der Waals surface area contributed by atoms with Crippen LogP contribution in [0.25, 0.3) is 0 Å². The van der Waals surface area contributed by atoms with E-state index in [1.54, 1.807) is 7.11 Å². The zero-order chi connectivity index (χ0) is 12.4. The molecule has 0 heterocycles. The molecule has 0 aromatic carbocycles. The van der Waals surface area contributed by atoms with Gasteiger partial charge in [-0.25, -0.2) is 0 Å². The Bertz CT molecular complexity index is 144. The lowest BCUT2D eigenvalue weighted by Gasteiger charge is -2.25. The van der Waals surface area contributed by atoms with Crippen LogP contribution >= 0.6 is 0 Å². The van der Waals surface area contributed by atoms with E-state index in [2.05, 4.69) is 33.0 Å². The number of ether oxygens (including phenoxy) is 1. The lowest BCUT2D eigenvalue weighted by atomic mass is 9.84. The predicted molar refractivity (Wildman–Crippen MR) is 71.8 cm³/mol. The van der Waals surface area contributed by atoms with Crippen molar-refractivity contribution >= 4 is 0 Å². The topological polar surface area (TPSA) is 21.3 Å². The minimum Gasteiger partial charge on any atom is -0.383 e. The lowest BCUT2D eigenvalue weighted by Crippen LogP contribution is -2.30. The van der Waals surface area contributed by atoms with E-state index in [0.717, 1.165) is 37.5 Å². The normalized spacial score (nSPS) is 13.7. The molecule has 0 fully saturated rings. The van der Waals surface area contributed by atoms with Crippen molar-refractivity contribution in [3.63, 3.8) is 0 Å². The molecule has 0 aliphatic carbocycles. The monoisotopic (exact) mass is 229 g/mol. The van der Waals surface area contributed by atoms with E-state index in [1.165, 1.54) is 19.3 Å². The van der Waals surface area contributed by atoms with E-state index in [4.69, 9.17) is 4.74 Å². The minimum atomic E-state index is 0.774. The molecule has 0 aromatic heterocycles. The highest BCUT2D eigenvalue weighted by molar-refractivity contribution is 4.70. The summed E-state index contributed by atoms with van der Waals surface area (Å²) in [5, 5.41) is 3.50. The van der Waals surface area contributed by atoms with Crippen molar-refractivity contribution in [3.8, 4) is 0 Å². The Kier molecular flexibility index (Phi) is 10.0. The first-order valence-corrected chi connectivity index (χ1v) is 6.85. The van der Waals surface area contributed by atoms with Crippen molar-refractivity contribution in [2.75, 3.05) is 26.8 Å². The van der Waals surface area contributed by atoms with Crippen molar-refractivity contribution in [1.29, 1.82) is 0 Å². The summed E-state index contributed by atoms with van der Waals surface area (Å²) < 4.78 is 5.05. The van der Waals surface area contributed by atoms with Crippen LogP contribution in [0, 0.1) is 17.8 Å². The van der Waals surface area contributed by atoms with Crippen molar-refractivity contribution in [3.05, 3.63) is 0 Å². The molecule has 0 saturated carbocycles. The summed E-state index contributed by atoms with van der Waals surface area (Å²) in [6.45, 7) is 12.2. The molecule has 16 heavy (non-hydrogen) atoms. The highest BCUT2D eigenvalue weighted by Gasteiger charge is 2.17. The van der Waals surface area contributed by atoms with E-state index in [-0.39, 0.29) is 0 Å². The molecular formula is C14H31NO. The largest absolute Gasteiger partial charge is 0.383 e. The van der Waals surface area contributed by atoms with Crippen LogP contribution in [-0.2, 0) is 4.74 Å². The Hall–Kier alpha value is -0.0800. The van der Waals surface area contributed by atoms with Crippen LogP contribution < -0.4 is 5.32 Å². The summed E-state index contributed by atoms with van der Waals surface area (Å²) in [6, 6.07) is 0. The van der Waals surface area contributed by atoms with Crippen molar-refractivity contribution in [1.82, 2.24) is 5.32 Å². The van der Waals surface area contributed by atoms with Gasteiger partial charge in [-0.1, -0.05) is 40.5 Å². The molecule has 1 atom stereocenters. The molecule has 98 valence electrons. The van der Waals surface area contributed by atoms with Gasteiger partial charge >= 0.3 is 0 Å². The van der Waals surface area contributed by atoms with Gasteiger partial charge in [-0.15, -0.1) is 0 Å². The number of nitrogens with one attached hydrogen (secondary N) is 1. The maximum atomic E-state index is 5.05. The maximum Gasteiger partial charge on any atom is 0.0587 e. The van der Waals surface area contributed by atoms with Gasteiger partial charge in [0.15, 0.2) is 0 Å². The van der Waals surface area contributed by atoms with E-state index in [9.17, 15) is 0 Å². The third-order valence-corrected chi connectivity index (χ3v) is 3.62. The van der Waals surface area contributed by atoms with Crippen LogP contribution in [0.3, 0.4) is 0 Å². The van der Waals surface area contributed by atoms with Gasteiger partial charge < -0.3 is 10.1 Å². The number of hydrogen-bond donors (Lipinski definition) is 1. The molecule has 0 aliphatic heterocycles. The van der Waals surface area contributed by atoms with E-state index < -0.39 is 0 Å². The Morgan fingerprint density at radius 3 is 2.19 bits per heavy atom. The summed E-state index contributed by atoms with van der Waals surface area (Å²) in [5.41, 5.74) is 0. The first kappa shape index (κ1) is 15.9. The lowest BCUT2D eigenvalue weighted by molar-refractivity contribution is 0.193. The standard InChI is InChI=1S/C14H31NO/c1-6-13(7-2)10-14(12(3)4)11-15-8-9-16-5/h12-15H,6-11H2,1-5H3. The van der Waals surface area contributed by atoms with Crippen molar-refractivity contribution in [2.24, 2.45) is 17.8 Å². The smallest absolute Gasteiger partial charge is 0.0587 e. The number of hydrogen-bond acceptors (Lipinski definition) is 2. The third kappa shape index (κ3) is 7.24. The SMILES string of the molecule is CCC(CC)CC(CNCCOC)C(C)C. The molecule has 0 aliphatic rings. The van der Waals surface area contributed by atoms with Gasteiger partial charge in [0, 0.05) is 13.7 Å². The van der Waals surface area contributed by atoms with Crippen LogP contribution in [0.5, 0.6) is 0 Å². The van der Waals surface area contributed by atoms with E-state index >= 15 is 0 Å². The first-order chi connectivity index (χ1) is 7.65. The Morgan fingerprint density at radius 1 is 1.12 bits per heavy atom. The molecule has 2 heteroatoms. The molecular weight excluding hydrogens is 198 g/mol. The Labute approximate surface area is 102 Å². The van der Waals surface area contributed by atoms with Crippen LogP contribution in [0.2, 0.25) is 0 Å². The van der Waals surface area contributed by atoms with Crippen LogP contribution in [0.15, 0.2) is 0 Å². The van der Waals surface area contributed by atoms with Crippen LogP contribution in [-0.4, -0.2) is 26.8 Å². The average molecular weight is 229 g/mol. The zero-order valence-corrected chi connectivity index (χ0v) is 11.9. The highest BCUT2D eigenvalue weighted by Crippen LogP contribution is 2.23. The summed E-state index contributed by atoms with van der Waals surface area (Å²) >= 11 is 0.